The molecule has 0 saturated heterocycles. The maximum atomic E-state index is 2.54. The van der Waals surface area contributed by atoms with E-state index in [4.69, 9.17) is 0 Å². The smallest absolute Gasteiger partial charge is 0.0988 e. The molecule has 6 rings (SSSR count). The van der Waals surface area contributed by atoms with Gasteiger partial charge in [0.2, 0.25) is 0 Å². The van der Waals surface area contributed by atoms with Crippen molar-refractivity contribution in [3.05, 3.63) is 118 Å². The molecule has 2 aliphatic carbocycles. The normalized spacial score (nSPS) is 25.4. The second-order valence-corrected chi connectivity index (χ2v) is 16.1. The number of hydrogen-bond acceptors (Lipinski definition) is 4. The van der Waals surface area contributed by atoms with Crippen LogP contribution in [0.25, 0.3) is 0 Å². The number of benzene rings is 2. The number of fused-ring (bicyclic) bond motifs is 2. The summed E-state index contributed by atoms with van der Waals surface area (Å²) in [7, 11) is 0. The zero-order valence-electron chi connectivity index (χ0n) is 26.7. The number of para-hydroxylation sites is 2. The first kappa shape index (κ1) is 30.2. The van der Waals surface area contributed by atoms with Crippen molar-refractivity contribution in [3.8, 4) is 0 Å². The predicted octanol–water partition coefficient (Wildman–Crippen LogP) is 11.3. The van der Waals surface area contributed by atoms with E-state index in [-0.39, 0.29) is 10.8 Å². The van der Waals surface area contributed by atoms with Gasteiger partial charge in [0.15, 0.2) is 0 Å². The van der Waals surface area contributed by atoms with Gasteiger partial charge in [0, 0.05) is 22.9 Å². The summed E-state index contributed by atoms with van der Waals surface area (Å²) in [6.45, 7) is 16.2. The third-order valence-corrected chi connectivity index (χ3v) is 11.1. The summed E-state index contributed by atoms with van der Waals surface area (Å²) in [5.74, 6) is 0. The van der Waals surface area contributed by atoms with Crippen molar-refractivity contribution in [1.29, 1.82) is 0 Å². The fourth-order valence-corrected chi connectivity index (χ4v) is 9.71. The second-order valence-electron chi connectivity index (χ2n) is 13.9. The molecule has 0 saturated carbocycles. The van der Waals surface area contributed by atoms with Crippen molar-refractivity contribution in [2.75, 3.05) is 22.9 Å². The molecule has 0 N–H and O–H groups in total. The van der Waals surface area contributed by atoms with Crippen LogP contribution in [0.3, 0.4) is 0 Å². The zero-order valence-corrected chi connectivity index (χ0v) is 28.3. The minimum atomic E-state index is 0.248. The summed E-state index contributed by atoms with van der Waals surface area (Å²) in [5, 5.41) is 1.72. The molecule has 224 valence electrons. The third-order valence-electron chi connectivity index (χ3n) is 8.78. The Hall–Kier alpha value is -2.82. The lowest BCUT2D eigenvalue weighted by Gasteiger charge is -2.32. The Morgan fingerprint density at radius 1 is 0.767 bits per heavy atom. The molecule has 4 aliphatic rings. The number of nitrogens with zero attached hydrogens (tertiary/aromatic N) is 2. The maximum Gasteiger partial charge on any atom is 0.0988 e. The Kier molecular flexibility index (Phi) is 8.63. The summed E-state index contributed by atoms with van der Waals surface area (Å²) < 4.78 is 0. The van der Waals surface area contributed by atoms with Crippen LogP contribution in [-0.2, 0) is 0 Å². The fourth-order valence-electron chi connectivity index (χ4n) is 7.15. The van der Waals surface area contributed by atoms with Gasteiger partial charge >= 0.3 is 0 Å². The average molecular weight is 607 g/mol. The molecule has 2 aliphatic heterocycles. The van der Waals surface area contributed by atoms with Crippen molar-refractivity contribution in [2.24, 2.45) is 10.8 Å². The highest BCUT2D eigenvalue weighted by Crippen LogP contribution is 2.48. The number of hydrogen-bond donors (Lipinski definition) is 0. The largest absolute Gasteiger partial charge is 0.355 e. The van der Waals surface area contributed by atoms with E-state index in [1.807, 2.05) is 23.5 Å². The topological polar surface area (TPSA) is 6.48 Å². The quantitative estimate of drug-likeness (QED) is 0.322. The van der Waals surface area contributed by atoms with E-state index in [0.29, 0.717) is 5.37 Å². The highest BCUT2D eigenvalue weighted by molar-refractivity contribution is 8.03. The Labute approximate surface area is 268 Å². The number of likely N-dealkylation sites (N-methyl/N-ethyl adjacent to an activating group) is 1. The van der Waals surface area contributed by atoms with Gasteiger partial charge in [-0.2, -0.15) is 0 Å². The van der Waals surface area contributed by atoms with Crippen LogP contribution in [0.1, 0.15) is 67.2 Å². The maximum absolute atomic E-state index is 2.54. The summed E-state index contributed by atoms with van der Waals surface area (Å²) in [5.41, 5.74) is 8.98. The molecule has 0 aromatic heterocycles. The lowest BCUT2D eigenvalue weighted by molar-refractivity contribution is 0.354. The van der Waals surface area contributed by atoms with Gasteiger partial charge in [-0.25, -0.2) is 0 Å². The minimum absolute atomic E-state index is 0.248. The van der Waals surface area contributed by atoms with Gasteiger partial charge in [-0.3, -0.25) is 0 Å². The number of thioether (sulfide) groups is 2. The van der Waals surface area contributed by atoms with Crippen LogP contribution in [0.4, 0.5) is 11.4 Å². The average Bonchev–Trinajstić information content (AvgIpc) is 3.47. The Morgan fingerprint density at radius 2 is 1.42 bits per heavy atom. The first-order valence-corrected chi connectivity index (χ1v) is 17.6. The van der Waals surface area contributed by atoms with Gasteiger partial charge in [0.05, 0.1) is 21.8 Å². The predicted molar refractivity (Wildman–Crippen MR) is 190 cm³/mol. The molecule has 0 spiro atoms. The standard InChI is InChI=1S/C39H46N2S2/c1-7-40-32-16-9-11-18-34(32)42-36(40)22-30-20-28(24-38(3,4)26-30)14-13-15-29-21-31(27-39(5,6)25-29)23-37-41(8-2)33-17-10-12-19-35(33)43-37/h9-23,36H,7-8,24-27H2,1-6H3/b14-13+,29-15+,30-22+,37-23-. The molecule has 2 nitrogen and oxygen atoms in total. The first-order valence-electron chi connectivity index (χ1n) is 15.9. The molecule has 2 heterocycles. The van der Waals surface area contributed by atoms with E-state index < -0.39 is 0 Å². The molecule has 4 heteroatoms. The van der Waals surface area contributed by atoms with E-state index in [1.54, 1.807) is 0 Å². The van der Waals surface area contributed by atoms with Crippen LogP contribution in [0.15, 0.2) is 128 Å². The lowest BCUT2D eigenvalue weighted by Crippen LogP contribution is -2.28. The monoisotopic (exact) mass is 606 g/mol. The molecular weight excluding hydrogens is 561 g/mol. The van der Waals surface area contributed by atoms with Gasteiger partial charge in [-0.1, -0.05) is 106 Å². The summed E-state index contributed by atoms with van der Waals surface area (Å²) >= 11 is 3.89. The van der Waals surface area contributed by atoms with Crippen molar-refractivity contribution >= 4 is 34.9 Å². The van der Waals surface area contributed by atoms with Crippen LogP contribution in [0.2, 0.25) is 0 Å². The highest BCUT2D eigenvalue weighted by atomic mass is 32.2. The SMILES string of the molecule is CCN1/C(=C/C2=CC(=C\C=C\C3=CC(=C\C4Sc5ccccc5N4CC)/CC(C)(C)C3)/CC(C)(C)C2)Sc2ccccc21. The van der Waals surface area contributed by atoms with Gasteiger partial charge in [-0.05, 0) is 109 Å². The Balaban J connectivity index is 1.22. The van der Waals surface area contributed by atoms with Gasteiger partial charge in [0.1, 0.15) is 0 Å². The zero-order chi connectivity index (χ0) is 30.2. The molecule has 0 fully saturated rings. The first-order chi connectivity index (χ1) is 20.6. The molecular formula is C39H46N2S2. The van der Waals surface area contributed by atoms with Crippen molar-refractivity contribution in [1.82, 2.24) is 0 Å². The van der Waals surface area contributed by atoms with E-state index in [2.05, 4.69) is 142 Å². The molecule has 1 atom stereocenters. The molecule has 0 radical (unpaired) electrons. The van der Waals surface area contributed by atoms with E-state index in [1.165, 1.54) is 48.5 Å². The molecule has 43 heavy (non-hydrogen) atoms. The molecule has 0 amide bonds. The lowest BCUT2D eigenvalue weighted by atomic mass is 9.74. The van der Waals surface area contributed by atoms with E-state index in [0.717, 1.165) is 38.8 Å². The Bertz CT molecular complexity index is 1560. The minimum Gasteiger partial charge on any atom is -0.355 e. The highest BCUT2D eigenvalue weighted by Gasteiger charge is 2.31. The van der Waals surface area contributed by atoms with Crippen LogP contribution < -0.4 is 9.80 Å². The second kappa shape index (κ2) is 12.3. The van der Waals surface area contributed by atoms with Gasteiger partial charge in [-0.15, -0.1) is 0 Å². The van der Waals surface area contributed by atoms with Crippen molar-refractivity contribution < 1.29 is 0 Å². The van der Waals surface area contributed by atoms with Gasteiger partial charge in [0.25, 0.3) is 0 Å². The van der Waals surface area contributed by atoms with Gasteiger partial charge < -0.3 is 9.80 Å². The number of rotatable bonds is 6. The van der Waals surface area contributed by atoms with Crippen LogP contribution in [-0.4, -0.2) is 18.5 Å². The molecule has 2 aromatic carbocycles. The number of allylic oxidation sites excluding steroid dienone is 10. The fraction of sp³-hybridized carbons (Fsp3) is 0.385. The van der Waals surface area contributed by atoms with Crippen LogP contribution in [0, 0.1) is 10.8 Å². The molecule has 1 unspecified atom stereocenters. The van der Waals surface area contributed by atoms with Crippen molar-refractivity contribution in [3.63, 3.8) is 0 Å². The summed E-state index contributed by atoms with van der Waals surface area (Å²) in [6, 6.07) is 17.6. The number of anilines is 2. The van der Waals surface area contributed by atoms with Crippen LogP contribution in [0.5, 0.6) is 0 Å². The van der Waals surface area contributed by atoms with E-state index in [9.17, 15) is 0 Å². The van der Waals surface area contributed by atoms with Crippen LogP contribution >= 0.6 is 23.5 Å². The summed E-state index contributed by atoms with van der Waals surface area (Å²) in [6.07, 6.45) is 21.4. The third kappa shape index (κ3) is 6.81. The summed E-state index contributed by atoms with van der Waals surface area (Å²) in [4.78, 5) is 7.75. The molecule has 2 aromatic rings. The molecule has 0 bridgehead atoms. The van der Waals surface area contributed by atoms with E-state index >= 15 is 0 Å². The van der Waals surface area contributed by atoms with Crippen molar-refractivity contribution in [2.45, 2.75) is 82.4 Å². The Morgan fingerprint density at radius 3 is 2.16 bits per heavy atom.